The van der Waals surface area contributed by atoms with E-state index in [1.807, 2.05) is 82.2 Å². The highest BCUT2D eigenvalue weighted by molar-refractivity contribution is 6.00. The van der Waals surface area contributed by atoms with Crippen molar-refractivity contribution in [3.05, 3.63) is 48.0 Å². The maximum absolute atomic E-state index is 13.9. The molecule has 12 nitrogen and oxygen atoms in total. The molecular formula is C32H46N8O4. The Morgan fingerprint density at radius 3 is 2.48 bits per heavy atom. The summed E-state index contributed by atoms with van der Waals surface area (Å²) < 4.78 is 5.69. The van der Waals surface area contributed by atoms with Gasteiger partial charge in [-0.15, -0.1) is 0 Å². The van der Waals surface area contributed by atoms with Crippen molar-refractivity contribution < 1.29 is 19.1 Å². The van der Waals surface area contributed by atoms with Crippen LogP contribution in [0.1, 0.15) is 46.1 Å². The van der Waals surface area contributed by atoms with Crippen LogP contribution in [0.15, 0.2) is 47.5 Å². The van der Waals surface area contributed by atoms with Crippen LogP contribution in [0.5, 0.6) is 5.75 Å². The zero-order valence-electron chi connectivity index (χ0n) is 26.9. The minimum atomic E-state index is -0.980. The van der Waals surface area contributed by atoms with E-state index >= 15 is 0 Å². The first-order valence-electron chi connectivity index (χ1n) is 14.9. The lowest BCUT2D eigenvalue weighted by Crippen LogP contribution is -2.59. The smallest absolute Gasteiger partial charge is 0.247 e. The summed E-state index contributed by atoms with van der Waals surface area (Å²) in [5, 5.41) is 15.6. The number of anilines is 3. The Balaban J connectivity index is 1.64. The van der Waals surface area contributed by atoms with Crippen LogP contribution in [0.3, 0.4) is 0 Å². The normalized spacial score (nSPS) is 20.8. The lowest BCUT2D eigenvalue weighted by Gasteiger charge is -2.41. The summed E-state index contributed by atoms with van der Waals surface area (Å²) in [6, 6.07) is 11.5. The van der Waals surface area contributed by atoms with Gasteiger partial charge in [-0.2, -0.15) is 0 Å². The van der Waals surface area contributed by atoms with E-state index in [1.54, 1.807) is 32.3 Å². The molecule has 0 aromatic heterocycles. The van der Waals surface area contributed by atoms with Gasteiger partial charge in [0.15, 0.2) is 0 Å². The molecule has 1 saturated heterocycles. The van der Waals surface area contributed by atoms with Crippen molar-refractivity contribution in [3.8, 4) is 5.75 Å². The fourth-order valence-corrected chi connectivity index (χ4v) is 5.54. The number of methoxy groups -OCH3 is 1. The number of likely N-dealkylation sites (tertiary alicyclic amines) is 1. The summed E-state index contributed by atoms with van der Waals surface area (Å²) in [6.07, 6.45) is 2.82. The second-order valence-electron chi connectivity index (χ2n) is 12.6. The van der Waals surface area contributed by atoms with Crippen LogP contribution < -0.4 is 31.3 Å². The number of carbonyl (C=O) groups excluding carboxylic acids is 3. The van der Waals surface area contributed by atoms with Gasteiger partial charge < -0.3 is 36.2 Å². The van der Waals surface area contributed by atoms with Crippen molar-refractivity contribution in [2.75, 3.05) is 50.7 Å². The van der Waals surface area contributed by atoms with E-state index in [2.05, 4.69) is 26.6 Å². The minimum absolute atomic E-state index is 0.274. The minimum Gasteiger partial charge on any atom is -0.494 e. The summed E-state index contributed by atoms with van der Waals surface area (Å²) in [7, 11) is 7.09. The molecule has 0 saturated carbocycles. The molecule has 2 aromatic rings. The molecule has 44 heavy (non-hydrogen) atoms. The Bertz CT molecular complexity index is 1390. The fraction of sp³-hybridized carbons (Fsp3) is 0.500. The first-order valence-corrected chi connectivity index (χ1v) is 14.9. The molecule has 2 aliphatic rings. The molecule has 0 spiro atoms. The molecule has 2 heterocycles. The number of likely N-dealkylation sites (N-methyl/N-ethyl adjacent to an activating group) is 1. The highest BCUT2D eigenvalue weighted by Gasteiger charge is 2.43. The third-order valence-corrected chi connectivity index (χ3v) is 8.25. The quantitative estimate of drug-likeness (QED) is 0.260. The van der Waals surface area contributed by atoms with Crippen molar-refractivity contribution >= 4 is 41.1 Å². The van der Waals surface area contributed by atoms with Crippen LogP contribution >= 0.6 is 0 Å². The topological polar surface area (TPSA) is 139 Å². The predicted octanol–water partition coefficient (Wildman–Crippen LogP) is 3.00. The van der Waals surface area contributed by atoms with Crippen molar-refractivity contribution in [1.82, 2.24) is 20.4 Å². The standard InChI is InChI=1S/C32H46N8O4/c1-20(33-5)28(41)37-27(31(2,3)4)30(43)40-16-12-15-25(40)29(42)36-24-17-22-23(18-26(24)44-8)34-19-35-32(22,39(6)7)38-21-13-10-9-11-14-21/h9-11,13-14,17-20,25,27,33,38H,12,15-16H2,1-8H3,(H,34,35)(H,36,42)(H,37,41)/t20-,25?,27+,32-/m0/s1. The Morgan fingerprint density at radius 2 is 1.86 bits per heavy atom. The lowest BCUT2D eigenvalue weighted by atomic mass is 9.85. The largest absolute Gasteiger partial charge is 0.494 e. The van der Waals surface area contributed by atoms with Gasteiger partial charge in [0.05, 0.1) is 30.9 Å². The fourth-order valence-electron chi connectivity index (χ4n) is 5.54. The third kappa shape index (κ3) is 6.66. The number of hydrogen-bond donors (Lipinski definition) is 5. The van der Waals surface area contributed by atoms with Crippen LogP contribution in [0.4, 0.5) is 17.1 Å². The summed E-state index contributed by atoms with van der Waals surface area (Å²) in [5.41, 5.74) is 2.30. The first kappa shape index (κ1) is 32.7. The molecule has 0 aliphatic carbocycles. The van der Waals surface area contributed by atoms with Gasteiger partial charge in [-0.3, -0.25) is 19.3 Å². The van der Waals surface area contributed by atoms with E-state index in [-0.39, 0.29) is 17.7 Å². The van der Waals surface area contributed by atoms with Crippen LogP contribution in [-0.4, -0.2) is 86.8 Å². The van der Waals surface area contributed by atoms with Gasteiger partial charge in [0.1, 0.15) is 17.8 Å². The summed E-state index contributed by atoms with van der Waals surface area (Å²) in [5.74, 6) is -1.39. The number of carbonyl (C=O) groups is 3. The van der Waals surface area contributed by atoms with E-state index < -0.39 is 29.3 Å². The Hall–Kier alpha value is -4.16. The SMILES string of the molecule is CN[C@@H](C)C(=O)N[C@H](C(=O)N1CCCC1C(=O)Nc1cc2c(cc1OC)NC=N[C@@]2(Nc1ccccc1)N(C)C)C(C)(C)C. The van der Waals surface area contributed by atoms with Crippen LogP contribution in [-0.2, 0) is 20.2 Å². The number of benzene rings is 2. The average Bonchev–Trinajstić information content (AvgIpc) is 3.49. The monoisotopic (exact) mass is 606 g/mol. The van der Waals surface area contributed by atoms with E-state index in [4.69, 9.17) is 9.73 Å². The van der Waals surface area contributed by atoms with Crippen molar-refractivity contribution in [2.45, 2.75) is 64.4 Å². The van der Waals surface area contributed by atoms with Gasteiger partial charge in [0.2, 0.25) is 23.5 Å². The second kappa shape index (κ2) is 13.2. The molecule has 0 radical (unpaired) electrons. The van der Waals surface area contributed by atoms with Crippen molar-refractivity contribution in [3.63, 3.8) is 0 Å². The van der Waals surface area contributed by atoms with Crippen molar-refractivity contribution in [2.24, 2.45) is 10.4 Å². The molecule has 2 aromatic carbocycles. The van der Waals surface area contributed by atoms with Crippen LogP contribution in [0, 0.1) is 5.41 Å². The van der Waals surface area contributed by atoms with Gasteiger partial charge in [-0.05, 0) is 64.5 Å². The molecule has 4 atom stereocenters. The average molecular weight is 607 g/mol. The molecule has 12 heteroatoms. The predicted molar refractivity (Wildman–Crippen MR) is 174 cm³/mol. The number of rotatable bonds is 10. The maximum Gasteiger partial charge on any atom is 0.247 e. The molecule has 238 valence electrons. The van der Waals surface area contributed by atoms with E-state index in [0.29, 0.717) is 30.8 Å². The Morgan fingerprint density at radius 1 is 1.16 bits per heavy atom. The van der Waals surface area contributed by atoms with Gasteiger partial charge in [0.25, 0.3) is 0 Å². The molecule has 5 N–H and O–H groups in total. The summed E-state index contributed by atoms with van der Waals surface area (Å²) >= 11 is 0. The zero-order chi connectivity index (χ0) is 32.2. The van der Waals surface area contributed by atoms with Gasteiger partial charge in [0, 0.05) is 23.9 Å². The van der Waals surface area contributed by atoms with Gasteiger partial charge in [-0.25, -0.2) is 4.99 Å². The number of amides is 3. The van der Waals surface area contributed by atoms with E-state index in [1.165, 1.54) is 0 Å². The zero-order valence-corrected chi connectivity index (χ0v) is 26.9. The van der Waals surface area contributed by atoms with Crippen LogP contribution in [0.2, 0.25) is 0 Å². The lowest BCUT2D eigenvalue weighted by molar-refractivity contribution is -0.143. The molecule has 1 fully saturated rings. The maximum atomic E-state index is 13.9. The van der Waals surface area contributed by atoms with E-state index in [9.17, 15) is 14.4 Å². The number of hydrogen-bond acceptors (Lipinski definition) is 9. The molecule has 0 bridgehead atoms. The Labute approximate surface area is 260 Å². The molecule has 2 aliphatic heterocycles. The number of nitrogens with zero attached hydrogens (tertiary/aromatic N) is 3. The highest BCUT2D eigenvalue weighted by atomic mass is 16.5. The number of para-hydroxylation sites is 1. The third-order valence-electron chi connectivity index (χ3n) is 8.25. The molecule has 3 amide bonds. The number of aliphatic imine (C=N–C) groups is 1. The molecule has 4 rings (SSSR count). The number of ether oxygens (including phenoxy) is 1. The van der Waals surface area contributed by atoms with Crippen molar-refractivity contribution in [1.29, 1.82) is 0 Å². The van der Waals surface area contributed by atoms with Gasteiger partial charge in [-0.1, -0.05) is 39.0 Å². The first-order chi connectivity index (χ1) is 20.8. The highest BCUT2D eigenvalue weighted by Crippen LogP contribution is 2.42. The summed E-state index contributed by atoms with van der Waals surface area (Å²) in [6.45, 7) is 7.87. The summed E-state index contributed by atoms with van der Waals surface area (Å²) in [4.78, 5) is 48.9. The van der Waals surface area contributed by atoms with Crippen LogP contribution in [0.25, 0.3) is 0 Å². The second-order valence-corrected chi connectivity index (χ2v) is 12.6. The van der Waals surface area contributed by atoms with E-state index in [0.717, 1.165) is 16.9 Å². The molecular weight excluding hydrogens is 560 g/mol. The van der Waals surface area contributed by atoms with Gasteiger partial charge >= 0.3 is 0 Å². The molecule has 1 unspecified atom stereocenters. The number of nitrogens with one attached hydrogen (secondary N) is 5. The Kier molecular flexibility index (Phi) is 9.85. The number of fused-ring (bicyclic) bond motifs is 1.